The molecule has 1 saturated heterocycles. The first kappa shape index (κ1) is 13.3. The highest BCUT2D eigenvalue weighted by Crippen LogP contribution is 2.20. The smallest absolute Gasteiger partial charge is 0.247 e. The molecule has 0 radical (unpaired) electrons. The average molecular weight is 272 g/mol. The first-order chi connectivity index (χ1) is 9.85. The number of rotatable bonds is 5. The van der Waals surface area contributed by atoms with Crippen LogP contribution in [0.4, 0.5) is 0 Å². The lowest BCUT2D eigenvalue weighted by molar-refractivity contribution is 0.281. The highest BCUT2D eigenvalue weighted by Gasteiger charge is 2.23. The Hall–Kier alpha value is -1.72. The van der Waals surface area contributed by atoms with Gasteiger partial charge in [-0.05, 0) is 44.6 Å². The first-order valence-corrected chi connectivity index (χ1v) is 7.10. The van der Waals surface area contributed by atoms with Crippen molar-refractivity contribution in [3.05, 3.63) is 36.2 Å². The van der Waals surface area contributed by atoms with Gasteiger partial charge in [0.2, 0.25) is 11.8 Å². The van der Waals surface area contributed by atoms with Crippen LogP contribution >= 0.6 is 0 Å². The summed E-state index contributed by atoms with van der Waals surface area (Å²) in [6.07, 6.45) is 1.24. The fourth-order valence-electron chi connectivity index (χ4n) is 2.72. The fourth-order valence-corrected chi connectivity index (χ4v) is 2.72. The SMILES string of the molecule is CNCC1CCN(Cc2nnc(-c3ccccc3)o2)C1. The van der Waals surface area contributed by atoms with E-state index < -0.39 is 0 Å². The summed E-state index contributed by atoms with van der Waals surface area (Å²) in [5.41, 5.74) is 0.973. The maximum absolute atomic E-state index is 5.75. The number of nitrogens with zero attached hydrogens (tertiary/aromatic N) is 3. The molecule has 1 unspecified atom stereocenters. The standard InChI is InChI=1S/C15H20N4O/c1-16-9-12-7-8-19(10-12)11-14-17-18-15(20-14)13-5-3-2-4-6-13/h2-6,12,16H,7-11H2,1H3. The van der Waals surface area contributed by atoms with Gasteiger partial charge in [-0.3, -0.25) is 4.90 Å². The monoisotopic (exact) mass is 272 g/mol. The van der Waals surface area contributed by atoms with Crippen molar-refractivity contribution in [1.82, 2.24) is 20.4 Å². The predicted molar refractivity (Wildman–Crippen MR) is 77.0 cm³/mol. The maximum atomic E-state index is 5.75. The van der Waals surface area contributed by atoms with E-state index in [4.69, 9.17) is 4.42 Å². The van der Waals surface area contributed by atoms with Crippen LogP contribution < -0.4 is 5.32 Å². The zero-order valence-corrected chi connectivity index (χ0v) is 11.7. The molecule has 5 heteroatoms. The Labute approximate surface area is 119 Å². The van der Waals surface area contributed by atoms with Crippen molar-refractivity contribution in [3.8, 4) is 11.5 Å². The van der Waals surface area contributed by atoms with Gasteiger partial charge in [-0.1, -0.05) is 18.2 Å². The van der Waals surface area contributed by atoms with Crippen molar-refractivity contribution >= 4 is 0 Å². The normalized spacial score (nSPS) is 19.6. The van der Waals surface area contributed by atoms with Crippen LogP contribution in [0.3, 0.4) is 0 Å². The second-order valence-electron chi connectivity index (χ2n) is 5.31. The molecule has 0 amide bonds. The second kappa shape index (κ2) is 6.15. The summed E-state index contributed by atoms with van der Waals surface area (Å²) in [5, 5.41) is 11.5. The lowest BCUT2D eigenvalue weighted by Crippen LogP contribution is -2.24. The van der Waals surface area contributed by atoms with Gasteiger partial charge in [-0.2, -0.15) is 0 Å². The molecule has 106 valence electrons. The molecule has 1 aromatic carbocycles. The molecule has 0 aliphatic carbocycles. The molecule has 1 aliphatic heterocycles. The fraction of sp³-hybridized carbons (Fsp3) is 0.467. The van der Waals surface area contributed by atoms with Crippen LogP contribution in [0.15, 0.2) is 34.7 Å². The van der Waals surface area contributed by atoms with Gasteiger partial charge < -0.3 is 9.73 Å². The molecule has 1 N–H and O–H groups in total. The van der Waals surface area contributed by atoms with Crippen molar-refractivity contribution in [3.63, 3.8) is 0 Å². The summed E-state index contributed by atoms with van der Waals surface area (Å²) < 4.78 is 5.75. The largest absolute Gasteiger partial charge is 0.419 e. The third-order valence-corrected chi connectivity index (χ3v) is 3.71. The zero-order chi connectivity index (χ0) is 13.8. The van der Waals surface area contributed by atoms with Crippen molar-refractivity contribution in [2.75, 3.05) is 26.7 Å². The van der Waals surface area contributed by atoms with Gasteiger partial charge in [0.25, 0.3) is 0 Å². The van der Waals surface area contributed by atoms with Crippen LogP contribution in [0.1, 0.15) is 12.3 Å². The lowest BCUT2D eigenvalue weighted by Gasteiger charge is -2.13. The zero-order valence-electron chi connectivity index (χ0n) is 11.7. The molecular weight excluding hydrogens is 252 g/mol. The number of hydrogen-bond acceptors (Lipinski definition) is 5. The number of hydrogen-bond donors (Lipinski definition) is 1. The lowest BCUT2D eigenvalue weighted by atomic mass is 10.1. The summed E-state index contributed by atoms with van der Waals surface area (Å²) in [5.74, 6) is 2.04. The number of aromatic nitrogens is 2. The summed E-state index contributed by atoms with van der Waals surface area (Å²) in [6, 6.07) is 9.89. The molecule has 2 heterocycles. The molecule has 3 rings (SSSR count). The topological polar surface area (TPSA) is 54.2 Å². The number of nitrogens with one attached hydrogen (secondary N) is 1. The molecule has 1 atom stereocenters. The van der Waals surface area contributed by atoms with E-state index in [-0.39, 0.29) is 0 Å². The van der Waals surface area contributed by atoms with E-state index in [1.54, 1.807) is 0 Å². The summed E-state index contributed by atoms with van der Waals surface area (Å²) in [4.78, 5) is 2.38. The molecule has 1 fully saturated rings. The van der Waals surface area contributed by atoms with Crippen molar-refractivity contribution in [2.45, 2.75) is 13.0 Å². The van der Waals surface area contributed by atoms with E-state index in [9.17, 15) is 0 Å². The number of benzene rings is 1. The molecule has 1 aliphatic rings. The molecule has 5 nitrogen and oxygen atoms in total. The highest BCUT2D eigenvalue weighted by molar-refractivity contribution is 5.51. The maximum Gasteiger partial charge on any atom is 0.247 e. The van der Waals surface area contributed by atoms with Crippen molar-refractivity contribution < 1.29 is 4.42 Å². The van der Waals surface area contributed by atoms with Gasteiger partial charge in [-0.15, -0.1) is 10.2 Å². The summed E-state index contributed by atoms with van der Waals surface area (Å²) in [6.45, 7) is 4.04. The van der Waals surface area contributed by atoms with Crippen LogP contribution in [0.2, 0.25) is 0 Å². The minimum absolute atomic E-state index is 0.603. The third-order valence-electron chi connectivity index (χ3n) is 3.71. The average Bonchev–Trinajstić information content (AvgIpc) is 3.11. The van der Waals surface area contributed by atoms with Gasteiger partial charge in [-0.25, -0.2) is 0 Å². The Balaban J connectivity index is 1.61. The van der Waals surface area contributed by atoms with Gasteiger partial charge in [0.1, 0.15) is 0 Å². The van der Waals surface area contributed by atoms with E-state index in [0.717, 1.165) is 37.7 Å². The minimum atomic E-state index is 0.603. The molecule has 0 saturated carbocycles. The van der Waals surface area contributed by atoms with E-state index in [2.05, 4.69) is 20.4 Å². The third kappa shape index (κ3) is 3.05. The van der Waals surface area contributed by atoms with Crippen LogP contribution in [-0.2, 0) is 6.54 Å². The highest BCUT2D eigenvalue weighted by atomic mass is 16.4. The van der Waals surface area contributed by atoms with E-state index >= 15 is 0 Å². The summed E-state index contributed by atoms with van der Waals surface area (Å²) in [7, 11) is 2.01. The van der Waals surface area contributed by atoms with Gasteiger partial charge >= 0.3 is 0 Å². The number of likely N-dealkylation sites (tertiary alicyclic amines) is 1. The van der Waals surface area contributed by atoms with E-state index in [1.807, 2.05) is 37.4 Å². The van der Waals surface area contributed by atoms with Crippen molar-refractivity contribution in [1.29, 1.82) is 0 Å². The quantitative estimate of drug-likeness (QED) is 0.899. The minimum Gasteiger partial charge on any atom is -0.419 e. The Kier molecular flexibility index (Phi) is 4.08. The van der Waals surface area contributed by atoms with Gasteiger partial charge in [0.05, 0.1) is 6.54 Å². The molecule has 0 spiro atoms. The second-order valence-corrected chi connectivity index (χ2v) is 5.31. The summed E-state index contributed by atoms with van der Waals surface area (Å²) >= 11 is 0. The van der Waals surface area contributed by atoms with Crippen LogP contribution in [0.25, 0.3) is 11.5 Å². The van der Waals surface area contributed by atoms with E-state index in [1.165, 1.54) is 6.42 Å². The Morgan fingerprint density at radius 2 is 2.15 bits per heavy atom. The first-order valence-electron chi connectivity index (χ1n) is 7.10. The van der Waals surface area contributed by atoms with Crippen LogP contribution in [-0.4, -0.2) is 41.8 Å². The molecule has 1 aromatic heterocycles. The Bertz CT molecular complexity index is 540. The Morgan fingerprint density at radius 1 is 1.30 bits per heavy atom. The van der Waals surface area contributed by atoms with Crippen LogP contribution in [0, 0.1) is 5.92 Å². The van der Waals surface area contributed by atoms with Gasteiger partial charge in [0, 0.05) is 12.1 Å². The Morgan fingerprint density at radius 3 is 2.95 bits per heavy atom. The van der Waals surface area contributed by atoms with Crippen molar-refractivity contribution in [2.24, 2.45) is 5.92 Å². The molecule has 0 bridgehead atoms. The van der Waals surface area contributed by atoms with Crippen LogP contribution in [0.5, 0.6) is 0 Å². The predicted octanol–water partition coefficient (Wildman–Crippen LogP) is 1.78. The molecule has 20 heavy (non-hydrogen) atoms. The molecular formula is C15H20N4O. The molecule has 2 aromatic rings. The van der Waals surface area contributed by atoms with Gasteiger partial charge in [0.15, 0.2) is 0 Å². The van der Waals surface area contributed by atoms with E-state index in [0.29, 0.717) is 11.8 Å².